The molecule has 0 bridgehead atoms. The van der Waals surface area contributed by atoms with Crippen LogP contribution in [-0.2, 0) is 13.2 Å². The summed E-state index contributed by atoms with van der Waals surface area (Å²) in [7, 11) is 1.76. The number of hydrogen-bond acceptors (Lipinski definition) is 4. The SMILES string of the molecule is CC(Nc1ccc(C(F)(F)F)c(C#N)c1)c1nncn1C. The first kappa shape index (κ1) is 14.8. The molecule has 0 fully saturated rings. The highest BCUT2D eigenvalue weighted by molar-refractivity contribution is 5.54. The van der Waals surface area contributed by atoms with Crippen LogP contribution in [-0.4, -0.2) is 14.8 Å². The molecular weight excluding hydrogens is 283 g/mol. The molecule has 8 heteroatoms. The lowest BCUT2D eigenvalue weighted by molar-refractivity contribution is -0.137. The van der Waals surface area contributed by atoms with Crippen LogP contribution in [0.1, 0.15) is 29.9 Å². The van der Waals surface area contributed by atoms with Crippen LogP contribution in [0.3, 0.4) is 0 Å². The Morgan fingerprint density at radius 1 is 1.38 bits per heavy atom. The summed E-state index contributed by atoms with van der Waals surface area (Å²) in [4.78, 5) is 0. The van der Waals surface area contributed by atoms with Gasteiger partial charge in [-0.05, 0) is 25.1 Å². The third-order valence-electron chi connectivity index (χ3n) is 2.96. The number of nitrogens with one attached hydrogen (secondary N) is 1. The molecule has 0 aliphatic carbocycles. The van der Waals surface area contributed by atoms with E-state index in [2.05, 4.69) is 15.5 Å². The molecule has 2 rings (SSSR count). The quantitative estimate of drug-likeness (QED) is 0.945. The zero-order chi connectivity index (χ0) is 15.6. The predicted molar refractivity (Wildman–Crippen MR) is 69.2 cm³/mol. The summed E-state index contributed by atoms with van der Waals surface area (Å²) in [5.41, 5.74) is -0.949. The molecular formula is C13H12F3N5. The first-order chi connectivity index (χ1) is 9.82. The van der Waals surface area contributed by atoms with E-state index in [1.54, 1.807) is 24.6 Å². The van der Waals surface area contributed by atoms with Gasteiger partial charge < -0.3 is 9.88 Å². The van der Waals surface area contributed by atoms with Crippen molar-refractivity contribution in [3.8, 4) is 6.07 Å². The number of alkyl halides is 3. The normalized spacial score (nSPS) is 12.8. The summed E-state index contributed by atoms with van der Waals surface area (Å²) in [6.07, 6.45) is -3.01. The minimum atomic E-state index is -4.54. The number of benzene rings is 1. The highest BCUT2D eigenvalue weighted by Gasteiger charge is 2.33. The van der Waals surface area contributed by atoms with Crippen molar-refractivity contribution in [2.75, 3.05) is 5.32 Å². The van der Waals surface area contributed by atoms with Crippen molar-refractivity contribution < 1.29 is 13.2 Å². The lowest BCUT2D eigenvalue weighted by Crippen LogP contribution is -2.13. The van der Waals surface area contributed by atoms with Gasteiger partial charge in [0.2, 0.25) is 0 Å². The predicted octanol–water partition coefficient (Wildman–Crippen LogP) is 2.88. The van der Waals surface area contributed by atoms with E-state index in [1.165, 1.54) is 18.5 Å². The Morgan fingerprint density at radius 2 is 2.10 bits per heavy atom. The Bertz CT molecular complexity index is 684. The van der Waals surface area contributed by atoms with Crippen LogP contribution < -0.4 is 5.32 Å². The van der Waals surface area contributed by atoms with Gasteiger partial charge in [-0.1, -0.05) is 0 Å². The van der Waals surface area contributed by atoms with Gasteiger partial charge in [-0.25, -0.2) is 0 Å². The van der Waals surface area contributed by atoms with Gasteiger partial charge in [0.25, 0.3) is 0 Å². The van der Waals surface area contributed by atoms with Crippen LogP contribution in [0.25, 0.3) is 0 Å². The standard InChI is InChI=1S/C13H12F3N5/c1-8(12-20-18-7-21(12)2)19-10-3-4-11(13(14,15)16)9(5-10)6-17/h3-5,7-8,19H,1-2H3. The number of nitrogens with zero attached hydrogens (tertiary/aromatic N) is 4. The van der Waals surface area contributed by atoms with Gasteiger partial charge >= 0.3 is 6.18 Å². The van der Waals surface area contributed by atoms with E-state index in [4.69, 9.17) is 5.26 Å². The van der Waals surface area contributed by atoms with Crippen molar-refractivity contribution in [3.05, 3.63) is 41.5 Å². The Hall–Kier alpha value is -2.56. The van der Waals surface area contributed by atoms with E-state index >= 15 is 0 Å². The molecule has 0 aliphatic heterocycles. The number of aromatic nitrogens is 3. The van der Waals surface area contributed by atoms with Crippen LogP contribution in [0.4, 0.5) is 18.9 Å². The van der Waals surface area contributed by atoms with Crippen LogP contribution in [0.15, 0.2) is 24.5 Å². The number of nitriles is 1. The monoisotopic (exact) mass is 295 g/mol. The van der Waals surface area contributed by atoms with Crippen molar-refractivity contribution in [1.29, 1.82) is 5.26 Å². The Morgan fingerprint density at radius 3 is 2.62 bits per heavy atom. The fourth-order valence-electron chi connectivity index (χ4n) is 1.97. The second kappa shape index (κ2) is 5.44. The number of halogens is 3. The molecule has 2 aromatic rings. The Balaban J connectivity index is 2.27. The second-order valence-corrected chi connectivity index (χ2v) is 4.54. The second-order valence-electron chi connectivity index (χ2n) is 4.54. The fraction of sp³-hybridized carbons (Fsp3) is 0.308. The summed E-state index contributed by atoms with van der Waals surface area (Å²) in [6.45, 7) is 1.80. The van der Waals surface area contributed by atoms with Gasteiger partial charge in [0.15, 0.2) is 5.82 Å². The summed E-state index contributed by atoms with van der Waals surface area (Å²) < 4.78 is 39.8. The molecule has 0 spiro atoms. The molecule has 0 aliphatic rings. The van der Waals surface area contributed by atoms with Gasteiger partial charge in [-0.15, -0.1) is 10.2 Å². The van der Waals surface area contributed by atoms with E-state index in [9.17, 15) is 13.2 Å². The zero-order valence-electron chi connectivity index (χ0n) is 11.3. The van der Waals surface area contributed by atoms with Gasteiger partial charge in [-0.2, -0.15) is 18.4 Å². The maximum Gasteiger partial charge on any atom is 0.417 e. The first-order valence-corrected chi connectivity index (χ1v) is 6.04. The van der Waals surface area contributed by atoms with Crippen molar-refractivity contribution in [2.24, 2.45) is 7.05 Å². The van der Waals surface area contributed by atoms with E-state index < -0.39 is 17.3 Å². The highest BCUT2D eigenvalue weighted by atomic mass is 19.4. The van der Waals surface area contributed by atoms with Gasteiger partial charge in [0.05, 0.1) is 23.2 Å². The van der Waals surface area contributed by atoms with Crippen LogP contribution in [0.2, 0.25) is 0 Å². The molecule has 0 radical (unpaired) electrons. The van der Waals surface area contributed by atoms with Crippen LogP contribution in [0, 0.1) is 11.3 Å². The van der Waals surface area contributed by atoms with Crippen LogP contribution >= 0.6 is 0 Å². The molecule has 1 aromatic carbocycles. The fourth-order valence-corrected chi connectivity index (χ4v) is 1.97. The van der Waals surface area contributed by atoms with Gasteiger partial charge in [0.1, 0.15) is 6.33 Å². The topological polar surface area (TPSA) is 66.5 Å². The number of anilines is 1. The van der Waals surface area contributed by atoms with E-state index in [0.717, 1.165) is 6.07 Å². The van der Waals surface area contributed by atoms with Crippen molar-refractivity contribution >= 4 is 5.69 Å². The average Bonchev–Trinajstić information content (AvgIpc) is 2.83. The van der Waals surface area contributed by atoms with Gasteiger partial charge in [-0.3, -0.25) is 0 Å². The maximum absolute atomic E-state index is 12.7. The smallest absolute Gasteiger partial charge is 0.375 e. The first-order valence-electron chi connectivity index (χ1n) is 6.04. The Kier molecular flexibility index (Phi) is 3.84. The molecule has 1 N–H and O–H groups in total. The third kappa shape index (κ3) is 3.13. The molecule has 0 amide bonds. The maximum atomic E-state index is 12.7. The summed E-state index contributed by atoms with van der Waals surface area (Å²) in [5.74, 6) is 0.633. The van der Waals surface area contributed by atoms with E-state index in [1.807, 2.05) is 0 Å². The average molecular weight is 295 g/mol. The summed E-state index contributed by atoms with van der Waals surface area (Å²) >= 11 is 0. The molecule has 110 valence electrons. The molecule has 0 saturated heterocycles. The number of hydrogen-bond donors (Lipinski definition) is 1. The van der Waals surface area contributed by atoms with E-state index in [-0.39, 0.29) is 6.04 Å². The van der Waals surface area contributed by atoms with Crippen molar-refractivity contribution in [3.63, 3.8) is 0 Å². The summed E-state index contributed by atoms with van der Waals surface area (Å²) in [6, 6.07) is 4.66. The minimum Gasteiger partial charge on any atom is -0.375 e. The highest BCUT2D eigenvalue weighted by Crippen LogP contribution is 2.33. The molecule has 1 unspecified atom stereocenters. The number of rotatable bonds is 3. The van der Waals surface area contributed by atoms with E-state index in [0.29, 0.717) is 11.5 Å². The van der Waals surface area contributed by atoms with Crippen LogP contribution in [0.5, 0.6) is 0 Å². The lowest BCUT2D eigenvalue weighted by Gasteiger charge is -2.16. The molecule has 1 heterocycles. The lowest BCUT2D eigenvalue weighted by atomic mass is 10.1. The zero-order valence-corrected chi connectivity index (χ0v) is 11.3. The largest absolute Gasteiger partial charge is 0.417 e. The number of aryl methyl sites for hydroxylation is 1. The van der Waals surface area contributed by atoms with Gasteiger partial charge in [0, 0.05) is 12.7 Å². The molecule has 1 atom stereocenters. The summed E-state index contributed by atoms with van der Waals surface area (Å²) in [5, 5.41) is 19.5. The molecule has 21 heavy (non-hydrogen) atoms. The Labute approximate surface area is 119 Å². The third-order valence-corrected chi connectivity index (χ3v) is 2.96. The molecule has 1 aromatic heterocycles. The molecule has 5 nitrogen and oxygen atoms in total. The van der Waals surface area contributed by atoms with Crippen molar-refractivity contribution in [1.82, 2.24) is 14.8 Å². The minimum absolute atomic E-state index is 0.263. The molecule has 0 saturated carbocycles. The van der Waals surface area contributed by atoms with Crippen molar-refractivity contribution in [2.45, 2.75) is 19.1 Å².